The van der Waals surface area contributed by atoms with Gasteiger partial charge < -0.3 is 10.1 Å². The van der Waals surface area contributed by atoms with E-state index in [0.717, 1.165) is 22.9 Å². The van der Waals surface area contributed by atoms with Gasteiger partial charge in [0.15, 0.2) is 11.9 Å². The summed E-state index contributed by atoms with van der Waals surface area (Å²) >= 11 is 0. The molecule has 1 heterocycles. The summed E-state index contributed by atoms with van der Waals surface area (Å²) in [6.45, 7) is 2.26. The lowest BCUT2D eigenvalue weighted by atomic mass is 10.3. The van der Waals surface area contributed by atoms with E-state index in [1.54, 1.807) is 0 Å². The van der Waals surface area contributed by atoms with Crippen LogP contribution in [0.15, 0.2) is 79.0 Å². The Hall–Kier alpha value is -3.14. The van der Waals surface area contributed by atoms with Gasteiger partial charge in [0.25, 0.3) is 5.91 Å². The molecule has 0 aliphatic heterocycles. The summed E-state index contributed by atoms with van der Waals surface area (Å²) in [5, 5.41) is 2.89. The highest BCUT2D eigenvalue weighted by atomic mass is 16.5. The maximum absolute atomic E-state index is 12.1. The number of benzene rings is 2. The molecule has 120 valence electrons. The lowest BCUT2D eigenvalue weighted by Gasteiger charge is -2.07. The van der Waals surface area contributed by atoms with Gasteiger partial charge in [-0.05, 0) is 36.4 Å². The Morgan fingerprint density at radius 3 is 2.29 bits per heavy atom. The van der Waals surface area contributed by atoms with Crippen molar-refractivity contribution in [3.05, 3.63) is 84.7 Å². The molecule has 1 amide bonds. The minimum atomic E-state index is -0.0639. The molecule has 0 radical (unpaired) electrons. The molecule has 4 heteroatoms. The van der Waals surface area contributed by atoms with Gasteiger partial charge in [-0.1, -0.05) is 24.3 Å². The van der Waals surface area contributed by atoms with Gasteiger partial charge in [-0.2, -0.15) is 4.57 Å². The Morgan fingerprint density at radius 1 is 0.917 bits per heavy atom. The molecule has 0 atom stereocenters. The minimum Gasteiger partial charge on any atom is -0.457 e. The first-order valence-electron chi connectivity index (χ1n) is 7.78. The fraction of sp³-hybridized carbons (Fsp3) is 0.100. The molecule has 0 unspecified atom stereocenters. The molecule has 1 aromatic heterocycles. The lowest BCUT2D eigenvalue weighted by Crippen LogP contribution is -2.42. The number of aromatic nitrogens is 1. The van der Waals surface area contributed by atoms with Gasteiger partial charge >= 0.3 is 0 Å². The van der Waals surface area contributed by atoms with Crippen LogP contribution < -0.4 is 14.6 Å². The first kappa shape index (κ1) is 15.7. The monoisotopic (exact) mass is 319 g/mol. The number of hydrogen-bond donors (Lipinski definition) is 1. The van der Waals surface area contributed by atoms with E-state index < -0.39 is 0 Å². The zero-order chi connectivity index (χ0) is 16.8. The second-order valence-electron chi connectivity index (χ2n) is 5.46. The van der Waals surface area contributed by atoms with Crippen molar-refractivity contribution in [3.8, 4) is 11.5 Å². The zero-order valence-electron chi connectivity index (χ0n) is 13.5. The van der Waals surface area contributed by atoms with Crippen LogP contribution in [0.4, 0.5) is 5.69 Å². The molecule has 0 fully saturated rings. The van der Waals surface area contributed by atoms with Crippen molar-refractivity contribution >= 4 is 11.6 Å². The summed E-state index contributed by atoms with van der Waals surface area (Å²) in [6, 6.07) is 22.8. The molecule has 0 saturated heterocycles. The normalized spacial score (nSPS) is 10.2. The van der Waals surface area contributed by atoms with E-state index >= 15 is 0 Å². The van der Waals surface area contributed by atoms with Crippen LogP contribution in [0.1, 0.15) is 5.69 Å². The van der Waals surface area contributed by atoms with Crippen LogP contribution in [0.5, 0.6) is 11.5 Å². The number of aryl methyl sites for hydroxylation is 1. The molecule has 24 heavy (non-hydrogen) atoms. The molecular weight excluding hydrogens is 300 g/mol. The Kier molecular flexibility index (Phi) is 4.87. The van der Waals surface area contributed by atoms with Crippen LogP contribution in [-0.4, -0.2) is 5.91 Å². The van der Waals surface area contributed by atoms with Crippen molar-refractivity contribution in [1.29, 1.82) is 0 Å². The number of pyridine rings is 1. The number of hydrogen-bond acceptors (Lipinski definition) is 2. The number of carbonyl (C=O) groups is 1. The first-order chi connectivity index (χ1) is 11.7. The largest absolute Gasteiger partial charge is 0.457 e. The number of anilines is 1. The highest BCUT2D eigenvalue weighted by molar-refractivity contribution is 5.89. The van der Waals surface area contributed by atoms with Crippen molar-refractivity contribution in [2.24, 2.45) is 0 Å². The number of ether oxygens (including phenoxy) is 1. The van der Waals surface area contributed by atoms with E-state index in [1.807, 2.05) is 90.5 Å². The third-order valence-corrected chi connectivity index (χ3v) is 3.60. The average molecular weight is 319 g/mol. The fourth-order valence-electron chi connectivity index (χ4n) is 2.33. The van der Waals surface area contributed by atoms with Crippen LogP contribution in [0.25, 0.3) is 0 Å². The van der Waals surface area contributed by atoms with Crippen LogP contribution in [0, 0.1) is 6.92 Å². The number of amides is 1. The third-order valence-electron chi connectivity index (χ3n) is 3.60. The SMILES string of the molecule is Cc1cccc[n+]1CC(=O)Nc1ccc(Oc2ccccc2)cc1. The van der Waals surface area contributed by atoms with Gasteiger partial charge in [0.05, 0.1) is 0 Å². The molecule has 3 rings (SSSR count). The molecule has 0 aliphatic carbocycles. The molecule has 4 nitrogen and oxygen atoms in total. The minimum absolute atomic E-state index is 0.0639. The number of para-hydroxylation sites is 1. The second-order valence-corrected chi connectivity index (χ2v) is 5.46. The van der Waals surface area contributed by atoms with Crippen molar-refractivity contribution < 1.29 is 14.1 Å². The van der Waals surface area contributed by atoms with Gasteiger partial charge in [-0.15, -0.1) is 0 Å². The van der Waals surface area contributed by atoms with Crippen LogP contribution in [-0.2, 0) is 11.3 Å². The summed E-state index contributed by atoms with van der Waals surface area (Å²) in [5.41, 5.74) is 1.79. The van der Waals surface area contributed by atoms with E-state index in [9.17, 15) is 4.79 Å². The highest BCUT2D eigenvalue weighted by Crippen LogP contribution is 2.22. The lowest BCUT2D eigenvalue weighted by molar-refractivity contribution is -0.690. The van der Waals surface area contributed by atoms with Crippen molar-refractivity contribution in [2.45, 2.75) is 13.5 Å². The van der Waals surface area contributed by atoms with Gasteiger partial charge in [-0.25, -0.2) is 0 Å². The highest BCUT2D eigenvalue weighted by Gasteiger charge is 2.11. The van der Waals surface area contributed by atoms with E-state index in [4.69, 9.17) is 4.74 Å². The maximum atomic E-state index is 12.1. The summed E-state index contributed by atoms with van der Waals surface area (Å²) in [4.78, 5) is 12.1. The van der Waals surface area contributed by atoms with Crippen molar-refractivity contribution in [2.75, 3.05) is 5.32 Å². The van der Waals surface area contributed by atoms with Gasteiger partial charge in [0, 0.05) is 24.7 Å². The van der Waals surface area contributed by atoms with Gasteiger partial charge in [-0.3, -0.25) is 4.79 Å². The van der Waals surface area contributed by atoms with Gasteiger partial charge in [0.2, 0.25) is 6.54 Å². The number of rotatable bonds is 5. The Labute approximate surface area is 141 Å². The number of nitrogens with one attached hydrogen (secondary N) is 1. The Balaban J connectivity index is 1.60. The maximum Gasteiger partial charge on any atom is 0.290 e. The van der Waals surface area contributed by atoms with Crippen LogP contribution >= 0.6 is 0 Å². The van der Waals surface area contributed by atoms with E-state index in [2.05, 4.69) is 5.32 Å². The summed E-state index contributed by atoms with van der Waals surface area (Å²) in [7, 11) is 0. The molecule has 1 N–H and O–H groups in total. The summed E-state index contributed by atoms with van der Waals surface area (Å²) in [6.07, 6.45) is 1.89. The smallest absolute Gasteiger partial charge is 0.290 e. The first-order valence-corrected chi connectivity index (χ1v) is 7.78. The Bertz CT molecular complexity index is 815. The molecule has 3 aromatic rings. The van der Waals surface area contributed by atoms with E-state index in [0.29, 0.717) is 0 Å². The van der Waals surface area contributed by atoms with E-state index in [-0.39, 0.29) is 12.5 Å². The number of nitrogens with zero attached hydrogens (tertiary/aromatic N) is 1. The van der Waals surface area contributed by atoms with Crippen LogP contribution in [0.2, 0.25) is 0 Å². The van der Waals surface area contributed by atoms with Crippen molar-refractivity contribution in [3.63, 3.8) is 0 Å². The van der Waals surface area contributed by atoms with Gasteiger partial charge in [0.1, 0.15) is 11.5 Å². The molecule has 0 saturated carbocycles. The molecule has 0 aliphatic rings. The standard InChI is InChI=1S/C20H18N2O2/c1-16-7-5-6-14-22(16)15-20(23)21-17-10-12-19(13-11-17)24-18-8-3-2-4-9-18/h2-14H,15H2,1H3/p+1. The number of carbonyl (C=O) groups excluding carboxylic acids is 1. The predicted octanol–water partition coefficient (Wildman–Crippen LogP) is 3.71. The summed E-state index contributed by atoms with van der Waals surface area (Å²) < 4.78 is 7.64. The van der Waals surface area contributed by atoms with Crippen molar-refractivity contribution in [1.82, 2.24) is 0 Å². The molecule has 0 spiro atoms. The topological polar surface area (TPSA) is 42.2 Å². The average Bonchev–Trinajstić information content (AvgIpc) is 2.60. The molecule has 0 bridgehead atoms. The molecule has 2 aromatic carbocycles. The second kappa shape index (κ2) is 7.42. The Morgan fingerprint density at radius 2 is 1.58 bits per heavy atom. The summed E-state index contributed by atoms with van der Waals surface area (Å²) in [5.74, 6) is 1.45. The quantitative estimate of drug-likeness (QED) is 0.728. The zero-order valence-corrected chi connectivity index (χ0v) is 13.5. The third kappa shape index (κ3) is 4.20. The van der Waals surface area contributed by atoms with Crippen LogP contribution in [0.3, 0.4) is 0 Å². The molecular formula is C20H19N2O2+. The fourth-order valence-corrected chi connectivity index (χ4v) is 2.33. The van der Waals surface area contributed by atoms with E-state index in [1.165, 1.54) is 0 Å². The predicted molar refractivity (Wildman–Crippen MR) is 93.0 cm³/mol.